The standard InChI is InChI=1S/C22H36FN5/c1-4-24-21(25-15-18(2)16-28-12-10-27(3)11-13-28)26-17-22(8-9-22)19-6-5-7-20(23)14-19/h5-7,14,18H,4,8-13,15-17H2,1-3H3,(H2,24,25,26). The lowest BCUT2D eigenvalue weighted by Crippen LogP contribution is -2.47. The summed E-state index contributed by atoms with van der Waals surface area (Å²) in [5.41, 5.74) is 1.10. The van der Waals surface area contributed by atoms with E-state index in [0.29, 0.717) is 12.5 Å². The molecule has 156 valence electrons. The van der Waals surface area contributed by atoms with Crippen molar-refractivity contribution in [1.29, 1.82) is 0 Å². The molecule has 1 aliphatic heterocycles. The van der Waals surface area contributed by atoms with Crippen molar-refractivity contribution in [2.75, 3.05) is 59.4 Å². The van der Waals surface area contributed by atoms with E-state index in [1.807, 2.05) is 6.07 Å². The highest BCUT2D eigenvalue weighted by Gasteiger charge is 2.44. The molecular weight excluding hydrogens is 353 g/mol. The number of likely N-dealkylation sites (N-methyl/N-ethyl adjacent to an activating group) is 1. The number of piperazine rings is 1. The number of hydrogen-bond acceptors (Lipinski definition) is 3. The van der Waals surface area contributed by atoms with Gasteiger partial charge in [-0.3, -0.25) is 4.99 Å². The number of nitrogens with zero attached hydrogens (tertiary/aromatic N) is 3. The second-order valence-corrected chi connectivity index (χ2v) is 8.58. The fourth-order valence-corrected chi connectivity index (χ4v) is 3.89. The molecule has 2 fully saturated rings. The Morgan fingerprint density at radius 2 is 1.96 bits per heavy atom. The van der Waals surface area contributed by atoms with Crippen LogP contribution in [-0.4, -0.2) is 75.2 Å². The van der Waals surface area contributed by atoms with Crippen molar-refractivity contribution in [2.24, 2.45) is 10.9 Å². The van der Waals surface area contributed by atoms with Crippen molar-refractivity contribution in [3.8, 4) is 0 Å². The van der Waals surface area contributed by atoms with Crippen LogP contribution in [0.5, 0.6) is 0 Å². The number of halogens is 1. The molecule has 6 heteroatoms. The lowest BCUT2D eigenvalue weighted by Gasteiger charge is -2.34. The van der Waals surface area contributed by atoms with Crippen molar-refractivity contribution >= 4 is 5.96 Å². The highest BCUT2D eigenvalue weighted by Crippen LogP contribution is 2.48. The Labute approximate surface area is 169 Å². The van der Waals surface area contributed by atoms with Gasteiger partial charge in [0.2, 0.25) is 0 Å². The minimum absolute atomic E-state index is 0.0237. The van der Waals surface area contributed by atoms with E-state index in [4.69, 9.17) is 4.99 Å². The summed E-state index contributed by atoms with van der Waals surface area (Å²) in [6, 6.07) is 7.01. The van der Waals surface area contributed by atoms with Gasteiger partial charge in [-0.05, 0) is 50.4 Å². The van der Waals surface area contributed by atoms with E-state index in [1.165, 1.54) is 6.07 Å². The van der Waals surface area contributed by atoms with E-state index in [1.54, 1.807) is 12.1 Å². The molecule has 28 heavy (non-hydrogen) atoms. The Kier molecular flexibility index (Phi) is 7.30. The summed E-state index contributed by atoms with van der Waals surface area (Å²) in [6.45, 7) is 12.6. The van der Waals surface area contributed by atoms with Crippen molar-refractivity contribution < 1.29 is 4.39 Å². The Balaban J connectivity index is 1.50. The lowest BCUT2D eigenvalue weighted by atomic mass is 9.96. The van der Waals surface area contributed by atoms with Crippen molar-refractivity contribution in [2.45, 2.75) is 32.1 Å². The molecule has 1 aliphatic carbocycles. The molecule has 2 N–H and O–H groups in total. The van der Waals surface area contributed by atoms with E-state index in [2.05, 4.69) is 41.3 Å². The first kappa shape index (κ1) is 21.1. The summed E-state index contributed by atoms with van der Waals surface area (Å²) in [4.78, 5) is 9.78. The third-order valence-corrected chi connectivity index (χ3v) is 5.96. The van der Waals surface area contributed by atoms with Crippen molar-refractivity contribution in [3.05, 3.63) is 35.6 Å². The molecule has 1 aromatic carbocycles. The molecule has 5 nitrogen and oxygen atoms in total. The van der Waals surface area contributed by atoms with Crippen LogP contribution in [0.15, 0.2) is 29.3 Å². The fourth-order valence-electron chi connectivity index (χ4n) is 3.89. The van der Waals surface area contributed by atoms with Gasteiger partial charge in [-0.1, -0.05) is 19.1 Å². The summed E-state index contributed by atoms with van der Waals surface area (Å²) in [7, 11) is 2.19. The van der Waals surface area contributed by atoms with Crippen LogP contribution in [0.4, 0.5) is 4.39 Å². The Bertz CT molecular complexity index is 650. The summed E-state index contributed by atoms with van der Waals surface area (Å²) in [5, 5.41) is 6.86. The van der Waals surface area contributed by atoms with Crippen LogP contribution in [-0.2, 0) is 5.41 Å². The first-order valence-corrected chi connectivity index (χ1v) is 10.7. The summed E-state index contributed by atoms with van der Waals surface area (Å²) in [5.74, 6) is 1.27. The predicted octanol–water partition coefficient (Wildman–Crippen LogP) is 2.30. The van der Waals surface area contributed by atoms with E-state index in [0.717, 1.165) is 70.2 Å². The van der Waals surface area contributed by atoms with Gasteiger partial charge in [0, 0.05) is 51.2 Å². The molecule has 1 heterocycles. The molecule has 1 aromatic rings. The smallest absolute Gasteiger partial charge is 0.191 e. The molecule has 0 bridgehead atoms. The van der Waals surface area contributed by atoms with Crippen molar-refractivity contribution in [1.82, 2.24) is 20.4 Å². The average molecular weight is 390 g/mol. The molecule has 0 aromatic heterocycles. The summed E-state index contributed by atoms with van der Waals surface area (Å²) < 4.78 is 13.6. The molecule has 0 spiro atoms. The van der Waals surface area contributed by atoms with Crippen LogP contribution < -0.4 is 10.6 Å². The lowest BCUT2D eigenvalue weighted by molar-refractivity contribution is 0.139. The van der Waals surface area contributed by atoms with Crippen LogP contribution in [0.1, 0.15) is 32.3 Å². The van der Waals surface area contributed by atoms with E-state index in [-0.39, 0.29) is 11.2 Å². The molecule has 0 radical (unpaired) electrons. The van der Waals surface area contributed by atoms with Crippen LogP contribution in [0, 0.1) is 11.7 Å². The second-order valence-electron chi connectivity index (χ2n) is 8.58. The Morgan fingerprint density at radius 3 is 2.61 bits per heavy atom. The number of nitrogens with one attached hydrogen (secondary N) is 2. The fraction of sp³-hybridized carbons (Fsp3) is 0.682. The molecule has 3 rings (SSSR count). The molecule has 1 atom stereocenters. The van der Waals surface area contributed by atoms with Crippen molar-refractivity contribution in [3.63, 3.8) is 0 Å². The van der Waals surface area contributed by atoms with Gasteiger partial charge in [0.25, 0.3) is 0 Å². The highest BCUT2D eigenvalue weighted by molar-refractivity contribution is 5.79. The number of rotatable bonds is 8. The third kappa shape index (κ3) is 5.92. The highest BCUT2D eigenvalue weighted by atomic mass is 19.1. The largest absolute Gasteiger partial charge is 0.357 e. The van der Waals surface area contributed by atoms with Crippen LogP contribution >= 0.6 is 0 Å². The Hall–Kier alpha value is -1.66. The molecule has 0 amide bonds. The monoisotopic (exact) mass is 389 g/mol. The number of hydrogen-bond donors (Lipinski definition) is 2. The Morgan fingerprint density at radius 1 is 1.21 bits per heavy atom. The van der Waals surface area contributed by atoms with Gasteiger partial charge in [0.15, 0.2) is 5.96 Å². The van der Waals surface area contributed by atoms with Gasteiger partial charge in [-0.25, -0.2) is 4.39 Å². The third-order valence-electron chi connectivity index (χ3n) is 5.96. The zero-order valence-electron chi connectivity index (χ0n) is 17.7. The van der Waals surface area contributed by atoms with Gasteiger partial charge in [-0.2, -0.15) is 0 Å². The second kappa shape index (κ2) is 9.70. The molecule has 1 saturated carbocycles. The molecular formula is C22H36FN5. The minimum atomic E-state index is -0.157. The first-order valence-electron chi connectivity index (χ1n) is 10.7. The first-order chi connectivity index (χ1) is 13.5. The van der Waals surface area contributed by atoms with Gasteiger partial charge in [0.05, 0.1) is 6.54 Å². The maximum atomic E-state index is 13.6. The van der Waals surface area contributed by atoms with Gasteiger partial charge >= 0.3 is 0 Å². The topological polar surface area (TPSA) is 42.9 Å². The maximum absolute atomic E-state index is 13.6. The van der Waals surface area contributed by atoms with Crippen LogP contribution in [0.2, 0.25) is 0 Å². The molecule has 2 aliphatic rings. The number of guanidine groups is 1. The van der Waals surface area contributed by atoms with E-state index < -0.39 is 0 Å². The van der Waals surface area contributed by atoms with E-state index in [9.17, 15) is 4.39 Å². The number of aliphatic imine (C=N–C) groups is 1. The van der Waals surface area contributed by atoms with Gasteiger partial charge in [0.1, 0.15) is 5.82 Å². The van der Waals surface area contributed by atoms with Crippen LogP contribution in [0.25, 0.3) is 0 Å². The summed E-state index contributed by atoms with van der Waals surface area (Å²) in [6.07, 6.45) is 2.17. The number of benzene rings is 1. The maximum Gasteiger partial charge on any atom is 0.191 e. The van der Waals surface area contributed by atoms with Gasteiger partial charge < -0.3 is 20.4 Å². The normalized spacial score (nSPS) is 21.4. The zero-order chi connectivity index (χ0) is 20.0. The SMILES string of the molecule is CCNC(=NCC1(c2cccc(F)c2)CC1)NCC(C)CN1CCN(C)CC1. The minimum Gasteiger partial charge on any atom is -0.357 e. The molecule has 1 unspecified atom stereocenters. The summed E-state index contributed by atoms with van der Waals surface area (Å²) >= 11 is 0. The molecule has 1 saturated heterocycles. The average Bonchev–Trinajstić information content (AvgIpc) is 3.47. The van der Waals surface area contributed by atoms with Gasteiger partial charge in [-0.15, -0.1) is 0 Å². The zero-order valence-corrected chi connectivity index (χ0v) is 17.7. The quantitative estimate of drug-likeness (QED) is 0.529. The predicted molar refractivity (Wildman–Crippen MR) is 114 cm³/mol. The van der Waals surface area contributed by atoms with Crippen LogP contribution in [0.3, 0.4) is 0 Å². The van der Waals surface area contributed by atoms with E-state index >= 15 is 0 Å².